The molecule has 0 fully saturated rings. The maximum atomic E-state index is 12.1. The molecule has 0 aliphatic rings. The van der Waals surface area contributed by atoms with Crippen molar-refractivity contribution in [2.45, 2.75) is 38.6 Å². The summed E-state index contributed by atoms with van der Waals surface area (Å²) in [7, 11) is 0. The lowest BCUT2D eigenvalue weighted by molar-refractivity contribution is -0.147. The van der Waals surface area contributed by atoms with Crippen LogP contribution in [0.15, 0.2) is 28.4 Å². The topological polar surface area (TPSA) is 92.4 Å². The van der Waals surface area contributed by atoms with Gasteiger partial charge in [0, 0.05) is 10.9 Å². The van der Waals surface area contributed by atoms with Crippen LogP contribution in [0.25, 0.3) is 10.6 Å². The van der Waals surface area contributed by atoms with Crippen LogP contribution in [-0.2, 0) is 16.0 Å². The summed E-state index contributed by atoms with van der Waals surface area (Å²) in [5, 5.41) is 14.4. The van der Waals surface area contributed by atoms with Gasteiger partial charge in [-0.15, -0.1) is 11.3 Å². The van der Waals surface area contributed by atoms with E-state index in [-0.39, 0.29) is 12.3 Å². The molecule has 7 heteroatoms. The molecular weight excluding hydrogens is 304 g/mol. The minimum absolute atomic E-state index is 0.0565. The zero-order valence-electron chi connectivity index (χ0n) is 12.5. The van der Waals surface area contributed by atoms with E-state index in [1.807, 2.05) is 6.92 Å². The molecule has 2 aromatic heterocycles. The minimum atomic E-state index is -1.24. The number of amides is 1. The summed E-state index contributed by atoms with van der Waals surface area (Å²) >= 11 is 1.42. The van der Waals surface area contributed by atoms with Gasteiger partial charge in [-0.25, -0.2) is 9.78 Å². The van der Waals surface area contributed by atoms with Gasteiger partial charge in [0.25, 0.3) is 0 Å². The van der Waals surface area contributed by atoms with Crippen molar-refractivity contribution in [2.24, 2.45) is 0 Å². The van der Waals surface area contributed by atoms with Gasteiger partial charge in [-0.05, 0) is 19.4 Å². The summed E-state index contributed by atoms with van der Waals surface area (Å²) < 4.78 is 5.00. The predicted octanol–water partition coefficient (Wildman–Crippen LogP) is 2.71. The molecule has 118 valence electrons. The molecule has 1 amide bonds. The fraction of sp³-hybridized carbons (Fsp3) is 0.400. The SMILES string of the molecule is CCCC(C)(NC(=O)Cc1csc(-c2ccoc2)n1)C(=O)O. The Kier molecular flexibility index (Phi) is 4.97. The first-order chi connectivity index (χ1) is 10.4. The molecule has 22 heavy (non-hydrogen) atoms. The Morgan fingerprint density at radius 3 is 2.86 bits per heavy atom. The fourth-order valence-corrected chi connectivity index (χ4v) is 2.95. The highest BCUT2D eigenvalue weighted by molar-refractivity contribution is 7.13. The first-order valence-electron chi connectivity index (χ1n) is 6.96. The number of carboxylic acid groups (broad SMARTS) is 1. The molecule has 0 aliphatic heterocycles. The number of nitrogens with zero attached hydrogens (tertiary/aromatic N) is 1. The van der Waals surface area contributed by atoms with Gasteiger partial charge >= 0.3 is 5.97 Å². The number of rotatable bonds is 7. The van der Waals surface area contributed by atoms with E-state index in [2.05, 4.69) is 10.3 Å². The van der Waals surface area contributed by atoms with Gasteiger partial charge in [-0.3, -0.25) is 4.79 Å². The van der Waals surface area contributed by atoms with Gasteiger partial charge in [-0.1, -0.05) is 13.3 Å². The highest BCUT2D eigenvalue weighted by Crippen LogP contribution is 2.24. The van der Waals surface area contributed by atoms with Gasteiger partial charge in [0.05, 0.1) is 18.4 Å². The molecule has 0 aliphatic carbocycles. The van der Waals surface area contributed by atoms with Crippen molar-refractivity contribution in [3.05, 3.63) is 29.7 Å². The van der Waals surface area contributed by atoms with Crippen LogP contribution in [0.1, 0.15) is 32.4 Å². The van der Waals surface area contributed by atoms with E-state index in [4.69, 9.17) is 4.42 Å². The predicted molar refractivity (Wildman–Crippen MR) is 82.6 cm³/mol. The molecule has 0 spiro atoms. The van der Waals surface area contributed by atoms with Crippen molar-refractivity contribution in [1.29, 1.82) is 0 Å². The van der Waals surface area contributed by atoms with Crippen molar-refractivity contribution in [1.82, 2.24) is 10.3 Å². The maximum Gasteiger partial charge on any atom is 0.329 e. The van der Waals surface area contributed by atoms with Gasteiger partial charge in [0.15, 0.2) is 0 Å². The molecule has 0 saturated heterocycles. The molecule has 1 atom stereocenters. The van der Waals surface area contributed by atoms with Crippen LogP contribution in [0.3, 0.4) is 0 Å². The fourth-order valence-electron chi connectivity index (χ4n) is 2.15. The van der Waals surface area contributed by atoms with Gasteiger partial charge in [-0.2, -0.15) is 0 Å². The van der Waals surface area contributed by atoms with E-state index in [1.54, 1.807) is 24.0 Å². The number of hydrogen-bond donors (Lipinski definition) is 2. The van der Waals surface area contributed by atoms with E-state index >= 15 is 0 Å². The zero-order chi connectivity index (χ0) is 16.2. The van der Waals surface area contributed by atoms with Crippen LogP contribution >= 0.6 is 11.3 Å². The Morgan fingerprint density at radius 1 is 1.50 bits per heavy atom. The number of carboxylic acids is 1. The van der Waals surface area contributed by atoms with Gasteiger partial charge < -0.3 is 14.8 Å². The molecule has 1 unspecified atom stereocenters. The molecule has 0 bridgehead atoms. The lowest BCUT2D eigenvalue weighted by atomic mass is 9.96. The molecule has 0 saturated carbocycles. The Balaban J connectivity index is 2.01. The van der Waals surface area contributed by atoms with E-state index in [0.29, 0.717) is 18.5 Å². The average Bonchev–Trinajstić information content (AvgIpc) is 3.08. The summed E-state index contributed by atoms with van der Waals surface area (Å²) in [5.74, 6) is -1.37. The second-order valence-corrected chi connectivity index (χ2v) is 6.13. The first kappa shape index (κ1) is 16.2. The van der Waals surface area contributed by atoms with Crippen molar-refractivity contribution >= 4 is 23.2 Å². The maximum absolute atomic E-state index is 12.1. The number of aromatic nitrogens is 1. The summed E-state index contributed by atoms with van der Waals surface area (Å²) in [6.07, 6.45) is 4.26. The normalized spacial score (nSPS) is 13.5. The lowest BCUT2D eigenvalue weighted by Gasteiger charge is -2.25. The summed E-state index contributed by atoms with van der Waals surface area (Å²) in [6, 6.07) is 1.80. The largest absolute Gasteiger partial charge is 0.480 e. The summed E-state index contributed by atoms with van der Waals surface area (Å²) in [4.78, 5) is 27.8. The minimum Gasteiger partial charge on any atom is -0.480 e. The van der Waals surface area contributed by atoms with Gasteiger partial charge in [0.2, 0.25) is 5.91 Å². The Morgan fingerprint density at radius 2 is 2.27 bits per heavy atom. The molecule has 0 radical (unpaired) electrons. The number of nitrogens with one attached hydrogen (secondary N) is 1. The third kappa shape index (κ3) is 3.73. The molecular formula is C15H18N2O4S. The standard InChI is InChI=1S/C15H18N2O4S/c1-3-5-15(2,14(19)20)17-12(18)7-11-9-22-13(16-11)10-4-6-21-8-10/h4,6,8-9H,3,5,7H2,1-2H3,(H,17,18)(H,19,20). The van der Waals surface area contributed by atoms with Crippen LogP contribution < -0.4 is 5.32 Å². The van der Waals surface area contributed by atoms with Crippen LogP contribution in [-0.4, -0.2) is 27.5 Å². The summed E-state index contributed by atoms with van der Waals surface area (Å²) in [5.41, 5.74) is 0.232. The Hall–Kier alpha value is -2.15. The van der Waals surface area contributed by atoms with E-state index in [9.17, 15) is 14.7 Å². The monoisotopic (exact) mass is 322 g/mol. The second kappa shape index (κ2) is 6.74. The second-order valence-electron chi connectivity index (χ2n) is 5.27. The number of carbonyl (C=O) groups is 2. The smallest absolute Gasteiger partial charge is 0.329 e. The highest BCUT2D eigenvalue weighted by Gasteiger charge is 2.33. The molecule has 2 heterocycles. The van der Waals surface area contributed by atoms with Gasteiger partial charge in [0.1, 0.15) is 16.8 Å². The third-order valence-electron chi connectivity index (χ3n) is 3.30. The van der Waals surface area contributed by atoms with E-state index in [0.717, 1.165) is 10.6 Å². The highest BCUT2D eigenvalue weighted by atomic mass is 32.1. The molecule has 0 aromatic carbocycles. The number of hydrogen-bond acceptors (Lipinski definition) is 5. The van der Waals surface area contributed by atoms with E-state index < -0.39 is 11.5 Å². The molecule has 6 nitrogen and oxygen atoms in total. The molecule has 2 rings (SSSR count). The number of aliphatic carboxylic acids is 1. The number of carbonyl (C=O) groups excluding carboxylic acids is 1. The zero-order valence-corrected chi connectivity index (χ0v) is 13.3. The van der Waals surface area contributed by atoms with E-state index in [1.165, 1.54) is 18.3 Å². The van der Waals surface area contributed by atoms with Crippen LogP contribution in [0.5, 0.6) is 0 Å². The first-order valence-corrected chi connectivity index (χ1v) is 7.84. The van der Waals surface area contributed by atoms with Crippen LogP contribution in [0.4, 0.5) is 0 Å². The van der Waals surface area contributed by atoms with Crippen molar-refractivity contribution in [2.75, 3.05) is 0 Å². The Labute approximate surface area is 132 Å². The number of furan rings is 1. The summed E-state index contributed by atoms with van der Waals surface area (Å²) in [6.45, 7) is 3.40. The molecule has 2 N–H and O–H groups in total. The number of thiazole rings is 1. The molecule has 2 aromatic rings. The lowest BCUT2D eigenvalue weighted by Crippen LogP contribution is -2.52. The van der Waals surface area contributed by atoms with Crippen molar-refractivity contribution in [3.63, 3.8) is 0 Å². The van der Waals surface area contributed by atoms with Crippen molar-refractivity contribution in [3.8, 4) is 10.6 Å². The van der Waals surface area contributed by atoms with Crippen LogP contribution in [0.2, 0.25) is 0 Å². The Bertz CT molecular complexity index is 650. The van der Waals surface area contributed by atoms with Crippen LogP contribution in [0, 0.1) is 0 Å². The average molecular weight is 322 g/mol. The quantitative estimate of drug-likeness (QED) is 0.817. The van der Waals surface area contributed by atoms with Crippen molar-refractivity contribution < 1.29 is 19.1 Å². The third-order valence-corrected chi connectivity index (χ3v) is 4.24.